The maximum Gasteiger partial charge on any atom is 0.0828 e. The molecule has 0 spiro atoms. The van der Waals surface area contributed by atoms with Crippen LogP contribution in [0.2, 0.25) is 0 Å². The number of rotatable bonds is 1. The van der Waals surface area contributed by atoms with E-state index in [0.29, 0.717) is 17.9 Å². The van der Waals surface area contributed by atoms with Crippen molar-refractivity contribution in [1.29, 1.82) is 0 Å². The molecule has 0 radical (unpaired) electrons. The van der Waals surface area contributed by atoms with E-state index in [1.807, 2.05) is 0 Å². The lowest BCUT2D eigenvalue weighted by Crippen LogP contribution is -2.47. The van der Waals surface area contributed by atoms with Crippen molar-refractivity contribution in [2.45, 2.75) is 38.1 Å². The number of oxime groups is 1. The van der Waals surface area contributed by atoms with E-state index in [1.54, 1.807) is 0 Å². The predicted octanol–water partition coefficient (Wildman–Crippen LogP) is 3.07. The highest BCUT2D eigenvalue weighted by atomic mass is 16.4. The highest BCUT2D eigenvalue weighted by Crippen LogP contribution is 2.47. The minimum atomic E-state index is 0.352. The number of hydrogen-bond acceptors (Lipinski definition) is 3. The summed E-state index contributed by atoms with van der Waals surface area (Å²) in [6.45, 7) is 1.10. The molecular weight excluding hydrogens is 236 g/mol. The van der Waals surface area contributed by atoms with Gasteiger partial charge in [-0.1, -0.05) is 23.4 Å². The van der Waals surface area contributed by atoms with Gasteiger partial charge in [-0.05, 0) is 49.7 Å². The van der Waals surface area contributed by atoms with Crippen molar-refractivity contribution in [3.05, 3.63) is 29.8 Å². The van der Waals surface area contributed by atoms with Crippen molar-refractivity contribution < 1.29 is 5.21 Å². The molecule has 3 aliphatic rings. The van der Waals surface area contributed by atoms with E-state index in [4.69, 9.17) is 0 Å². The second-order valence-electron chi connectivity index (χ2n) is 6.17. The molecule has 1 aromatic rings. The van der Waals surface area contributed by atoms with Crippen molar-refractivity contribution in [2.75, 3.05) is 11.4 Å². The number of anilines is 1. The van der Waals surface area contributed by atoms with Gasteiger partial charge in [-0.2, -0.15) is 0 Å². The largest absolute Gasteiger partial charge is 0.411 e. The van der Waals surface area contributed by atoms with Gasteiger partial charge < -0.3 is 10.1 Å². The molecule has 3 unspecified atom stereocenters. The third kappa shape index (κ3) is 1.60. The Labute approximate surface area is 113 Å². The summed E-state index contributed by atoms with van der Waals surface area (Å²) in [5, 5.41) is 13.1. The van der Waals surface area contributed by atoms with Crippen molar-refractivity contribution in [1.82, 2.24) is 0 Å². The normalized spacial score (nSPS) is 34.8. The average molecular weight is 256 g/mol. The van der Waals surface area contributed by atoms with E-state index in [9.17, 15) is 5.21 Å². The van der Waals surface area contributed by atoms with E-state index < -0.39 is 0 Å². The van der Waals surface area contributed by atoms with Gasteiger partial charge in [-0.3, -0.25) is 0 Å². The molecule has 2 bridgehead atoms. The molecule has 1 N–H and O–H groups in total. The fourth-order valence-electron chi connectivity index (χ4n) is 4.46. The second-order valence-corrected chi connectivity index (χ2v) is 6.17. The lowest BCUT2D eigenvalue weighted by molar-refractivity contribution is 0.311. The summed E-state index contributed by atoms with van der Waals surface area (Å²) in [6.07, 6.45) is 6.13. The Morgan fingerprint density at radius 1 is 1.21 bits per heavy atom. The quantitative estimate of drug-likeness (QED) is 0.619. The molecule has 3 atom stereocenters. The van der Waals surface area contributed by atoms with Crippen LogP contribution in [0, 0.1) is 11.8 Å². The molecule has 3 heteroatoms. The molecule has 0 saturated heterocycles. The van der Waals surface area contributed by atoms with E-state index in [-0.39, 0.29) is 0 Å². The summed E-state index contributed by atoms with van der Waals surface area (Å²) in [6, 6.07) is 9.08. The summed E-state index contributed by atoms with van der Waals surface area (Å²) in [5.74, 6) is 1.23. The van der Waals surface area contributed by atoms with Crippen LogP contribution in [0.1, 0.15) is 31.2 Å². The first-order valence-corrected chi connectivity index (χ1v) is 7.45. The summed E-state index contributed by atoms with van der Waals surface area (Å²) >= 11 is 0. The zero-order valence-corrected chi connectivity index (χ0v) is 11.1. The standard InChI is InChI=1S/C16H20N2O/c19-17-15-12-7-8-13(10-12)16(15)18-9-3-5-11-4-1-2-6-14(11)18/h1-2,4,6,12-13,16,19H,3,5,7-10H2/b17-15+. The Bertz CT molecular complexity index is 525. The van der Waals surface area contributed by atoms with Crippen LogP contribution in [-0.2, 0) is 6.42 Å². The van der Waals surface area contributed by atoms with Crippen molar-refractivity contribution in [2.24, 2.45) is 17.0 Å². The summed E-state index contributed by atoms with van der Waals surface area (Å²) in [7, 11) is 0. The predicted molar refractivity (Wildman–Crippen MR) is 75.9 cm³/mol. The van der Waals surface area contributed by atoms with Crippen molar-refractivity contribution in [3.63, 3.8) is 0 Å². The lowest BCUT2D eigenvalue weighted by atomic mass is 9.89. The summed E-state index contributed by atoms with van der Waals surface area (Å²) < 4.78 is 0. The fourth-order valence-corrected chi connectivity index (χ4v) is 4.46. The first kappa shape index (κ1) is 11.3. The Balaban J connectivity index is 1.74. The van der Waals surface area contributed by atoms with Gasteiger partial charge in [0.2, 0.25) is 0 Å². The highest BCUT2D eigenvalue weighted by Gasteiger charge is 2.48. The first-order chi connectivity index (χ1) is 9.38. The zero-order valence-electron chi connectivity index (χ0n) is 11.1. The lowest BCUT2D eigenvalue weighted by Gasteiger charge is -2.40. The summed E-state index contributed by atoms with van der Waals surface area (Å²) in [5.41, 5.74) is 3.87. The van der Waals surface area contributed by atoms with Crippen molar-refractivity contribution in [3.8, 4) is 0 Å². The fraction of sp³-hybridized carbons (Fsp3) is 0.562. The van der Waals surface area contributed by atoms with Crippen LogP contribution in [0.15, 0.2) is 29.4 Å². The number of nitrogens with zero attached hydrogens (tertiary/aromatic N) is 2. The van der Waals surface area contributed by atoms with Crippen LogP contribution in [-0.4, -0.2) is 23.5 Å². The number of hydrogen-bond donors (Lipinski definition) is 1. The smallest absolute Gasteiger partial charge is 0.0828 e. The van der Waals surface area contributed by atoms with E-state index >= 15 is 0 Å². The maximum absolute atomic E-state index is 9.40. The number of para-hydroxylation sites is 1. The Hall–Kier alpha value is -1.51. The number of benzene rings is 1. The Morgan fingerprint density at radius 3 is 3.00 bits per heavy atom. The Kier molecular flexibility index (Phi) is 2.54. The highest BCUT2D eigenvalue weighted by molar-refractivity contribution is 5.97. The molecule has 1 aliphatic heterocycles. The van der Waals surface area contributed by atoms with Gasteiger partial charge in [0.15, 0.2) is 0 Å². The van der Waals surface area contributed by atoms with E-state index in [1.165, 1.54) is 43.4 Å². The average Bonchev–Trinajstić information content (AvgIpc) is 3.07. The van der Waals surface area contributed by atoms with Gasteiger partial charge in [0.25, 0.3) is 0 Å². The minimum absolute atomic E-state index is 0.352. The minimum Gasteiger partial charge on any atom is -0.411 e. The molecule has 100 valence electrons. The van der Waals surface area contributed by atoms with Gasteiger partial charge in [0.05, 0.1) is 11.8 Å². The first-order valence-electron chi connectivity index (χ1n) is 7.45. The molecule has 3 nitrogen and oxygen atoms in total. The van der Waals surface area contributed by atoms with E-state index in [2.05, 4.69) is 34.3 Å². The molecule has 0 amide bonds. The van der Waals surface area contributed by atoms with E-state index in [0.717, 1.165) is 12.3 Å². The van der Waals surface area contributed by atoms with Crippen LogP contribution in [0.3, 0.4) is 0 Å². The molecule has 19 heavy (non-hydrogen) atoms. The van der Waals surface area contributed by atoms with Crippen molar-refractivity contribution >= 4 is 11.4 Å². The monoisotopic (exact) mass is 256 g/mol. The molecule has 2 aliphatic carbocycles. The third-order valence-electron chi connectivity index (χ3n) is 5.24. The molecular formula is C16H20N2O. The van der Waals surface area contributed by atoms with Crippen LogP contribution >= 0.6 is 0 Å². The maximum atomic E-state index is 9.40. The van der Waals surface area contributed by atoms with Gasteiger partial charge >= 0.3 is 0 Å². The SMILES string of the molecule is O/N=C1\C2CCC(C2)C1N1CCCc2ccccc21. The van der Waals surface area contributed by atoms with Gasteiger partial charge in [-0.25, -0.2) is 0 Å². The molecule has 4 rings (SSSR count). The Morgan fingerprint density at radius 2 is 2.11 bits per heavy atom. The topological polar surface area (TPSA) is 35.8 Å². The van der Waals surface area contributed by atoms with Crippen LogP contribution in [0.5, 0.6) is 0 Å². The number of fused-ring (bicyclic) bond motifs is 3. The molecule has 1 heterocycles. The van der Waals surface area contributed by atoms with Crippen LogP contribution in [0.25, 0.3) is 0 Å². The molecule has 0 aromatic heterocycles. The van der Waals surface area contributed by atoms with Gasteiger partial charge in [0.1, 0.15) is 0 Å². The molecule has 1 aromatic carbocycles. The second kappa shape index (κ2) is 4.26. The molecule has 2 fully saturated rings. The van der Waals surface area contributed by atoms with Crippen LogP contribution < -0.4 is 4.90 Å². The zero-order chi connectivity index (χ0) is 12.8. The molecule has 2 saturated carbocycles. The van der Waals surface area contributed by atoms with Gasteiger partial charge in [-0.15, -0.1) is 0 Å². The summed E-state index contributed by atoms with van der Waals surface area (Å²) in [4.78, 5) is 2.51. The third-order valence-corrected chi connectivity index (χ3v) is 5.24. The van der Waals surface area contributed by atoms with Crippen LogP contribution in [0.4, 0.5) is 5.69 Å². The number of aryl methyl sites for hydroxylation is 1. The van der Waals surface area contributed by atoms with Gasteiger partial charge in [0, 0.05) is 18.2 Å².